The molecular weight excluding hydrogens is 192 g/mol. The van der Waals surface area contributed by atoms with Crippen molar-refractivity contribution in [3.8, 4) is 5.75 Å². The molecule has 0 radical (unpaired) electrons. The summed E-state index contributed by atoms with van der Waals surface area (Å²) in [6, 6.07) is 5.28. The quantitative estimate of drug-likeness (QED) is 0.606. The first kappa shape index (κ1) is 9.90. The van der Waals surface area contributed by atoms with Gasteiger partial charge in [-0.3, -0.25) is 9.59 Å². The third-order valence-corrected chi connectivity index (χ3v) is 2.50. The highest BCUT2D eigenvalue weighted by Gasteiger charge is 2.41. The van der Waals surface area contributed by atoms with E-state index in [1.165, 1.54) is 0 Å². The van der Waals surface area contributed by atoms with Crippen molar-refractivity contribution < 1.29 is 14.3 Å². The van der Waals surface area contributed by atoms with Crippen LogP contribution in [0.15, 0.2) is 18.2 Å². The number of ether oxygens (including phenoxy) is 1. The lowest BCUT2D eigenvalue weighted by Gasteiger charge is -2.29. The molecule has 0 fully saturated rings. The fourth-order valence-corrected chi connectivity index (χ4v) is 1.63. The molecule has 15 heavy (non-hydrogen) atoms. The Hall–Kier alpha value is -1.64. The molecule has 1 aromatic carbocycles. The zero-order chi connectivity index (χ0) is 11.2. The second-order valence-electron chi connectivity index (χ2n) is 4.27. The third kappa shape index (κ3) is 1.44. The maximum Gasteiger partial charge on any atom is 0.246 e. The Kier molecular flexibility index (Phi) is 1.93. The molecule has 0 saturated heterocycles. The van der Waals surface area contributed by atoms with Gasteiger partial charge in [0.05, 0.1) is 5.56 Å². The van der Waals surface area contributed by atoms with Crippen LogP contribution in [0.25, 0.3) is 0 Å². The summed E-state index contributed by atoms with van der Waals surface area (Å²) in [4.78, 5) is 23.4. The van der Waals surface area contributed by atoms with E-state index in [2.05, 4.69) is 0 Å². The number of fused-ring (bicyclic) bond motifs is 1. The smallest absolute Gasteiger partial charge is 0.246 e. The summed E-state index contributed by atoms with van der Waals surface area (Å²) >= 11 is 0. The first-order chi connectivity index (χ1) is 6.92. The summed E-state index contributed by atoms with van der Waals surface area (Å²) in [5.74, 6) is -0.444. The number of hydrogen-bond acceptors (Lipinski definition) is 3. The van der Waals surface area contributed by atoms with Crippen LogP contribution in [0.4, 0.5) is 0 Å². The van der Waals surface area contributed by atoms with Crippen LogP contribution < -0.4 is 4.74 Å². The van der Waals surface area contributed by atoms with E-state index in [0.717, 1.165) is 5.56 Å². The van der Waals surface area contributed by atoms with E-state index < -0.39 is 17.2 Å². The van der Waals surface area contributed by atoms with Gasteiger partial charge in [0.2, 0.25) is 11.6 Å². The topological polar surface area (TPSA) is 43.4 Å². The van der Waals surface area contributed by atoms with Crippen LogP contribution in [0, 0.1) is 6.92 Å². The largest absolute Gasteiger partial charge is 0.479 e. The Labute approximate surface area is 88.1 Å². The highest BCUT2D eigenvalue weighted by Crippen LogP contribution is 2.31. The molecule has 1 aromatic rings. The van der Waals surface area contributed by atoms with Crippen LogP contribution in [0.2, 0.25) is 0 Å². The van der Waals surface area contributed by atoms with Gasteiger partial charge in [-0.1, -0.05) is 11.6 Å². The van der Waals surface area contributed by atoms with Gasteiger partial charge in [-0.2, -0.15) is 0 Å². The number of benzene rings is 1. The molecule has 0 saturated carbocycles. The molecule has 0 amide bonds. The van der Waals surface area contributed by atoms with Crippen molar-refractivity contribution in [2.45, 2.75) is 26.4 Å². The summed E-state index contributed by atoms with van der Waals surface area (Å²) in [7, 11) is 0. The van der Waals surface area contributed by atoms with Crippen LogP contribution in [-0.2, 0) is 4.79 Å². The molecule has 3 heteroatoms. The predicted molar refractivity (Wildman–Crippen MR) is 55.2 cm³/mol. The minimum atomic E-state index is -1.04. The van der Waals surface area contributed by atoms with Gasteiger partial charge in [0.1, 0.15) is 5.75 Å². The second kappa shape index (κ2) is 2.92. The highest BCUT2D eigenvalue weighted by atomic mass is 16.5. The standard InChI is InChI=1S/C12H12O3/c1-7-4-5-9-8(6-7)10(13)11(14)12(2,3)15-9/h4-6H,1-3H3. The Morgan fingerprint density at radius 3 is 2.53 bits per heavy atom. The molecule has 0 bridgehead atoms. The summed E-state index contributed by atoms with van der Waals surface area (Å²) in [6.07, 6.45) is 0. The van der Waals surface area contributed by atoms with E-state index in [1.807, 2.05) is 13.0 Å². The van der Waals surface area contributed by atoms with Gasteiger partial charge in [0.15, 0.2) is 5.60 Å². The molecule has 0 aromatic heterocycles. The number of ketones is 2. The van der Waals surface area contributed by atoms with Crippen LogP contribution in [0.1, 0.15) is 29.8 Å². The first-order valence-electron chi connectivity index (χ1n) is 4.80. The van der Waals surface area contributed by atoms with Gasteiger partial charge in [-0.05, 0) is 32.9 Å². The fraction of sp³-hybridized carbons (Fsp3) is 0.333. The number of Topliss-reactive ketones (excluding diaryl/α,β-unsaturated/α-hetero) is 2. The zero-order valence-electron chi connectivity index (χ0n) is 8.96. The molecule has 3 nitrogen and oxygen atoms in total. The van der Waals surface area contributed by atoms with E-state index in [1.54, 1.807) is 26.0 Å². The van der Waals surface area contributed by atoms with E-state index in [-0.39, 0.29) is 0 Å². The van der Waals surface area contributed by atoms with Gasteiger partial charge >= 0.3 is 0 Å². The SMILES string of the molecule is Cc1ccc2c(c1)C(=O)C(=O)C(C)(C)O2. The summed E-state index contributed by atoms with van der Waals surface area (Å²) in [5, 5.41) is 0. The van der Waals surface area contributed by atoms with E-state index >= 15 is 0 Å². The average molecular weight is 204 g/mol. The maximum atomic E-state index is 11.8. The van der Waals surface area contributed by atoms with Crippen molar-refractivity contribution in [3.05, 3.63) is 29.3 Å². The summed E-state index contributed by atoms with van der Waals surface area (Å²) in [6.45, 7) is 5.09. The van der Waals surface area contributed by atoms with Gasteiger partial charge < -0.3 is 4.74 Å². The van der Waals surface area contributed by atoms with E-state index in [0.29, 0.717) is 11.3 Å². The molecule has 0 unspecified atom stereocenters. The van der Waals surface area contributed by atoms with Crippen molar-refractivity contribution in [2.75, 3.05) is 0 Å². The Morgan fingerprint density at radius 2 is 1.87 bits per heavy atom. The molecule has 1 aliphatic heterocycles. The molecule has 1 aliphatic rings. The monoisotopic (exact) mass is 204 g/mol. The lowest BCUT2D eigenvalue weighted by atomic mass is 9.91. The van der Waals surface area contributed by atoms with E-state index in [4.69, 9.17) is 4.74 Å². The van der Waals surface area contributed by atoms with E-state index in [9.17, 15) is 9.59 Å². The normalized spacial score (nSPS) is 18.3. The number of aryl methyl sites for hydroxylation is 1. The number of carbonyl (C=O) groups excluding carboxylic acids is 2. The predicted octanol–water partition coefficient (Wildman–Crippen LogP) is 1.92. The van der Waals surface area contributed by atoms with Crippen molar-refractivity contribution in [1.82, 2.24) is 0 Å². The van der Waals surface area contributed by atoms with Crippen LogP contribution in [0.5, 0.6) is 5.75 Å². The van der Waals surface area contributed by atoms with Gasteiger partial charge in [-0.25, -0.2) is 0 Å². The van der Waals surface area contributed by atoms with Crippen LogP contribution in [-0.4, -0.2) is 17.2 Å². The molecule has 0 N–H and O–H groups in total. The molecular formula is C12H12O3. The van der Waals surface area contributed by atoms with Crippen LogP contribution in [0.3, 0.4) is 0 Å². The van der Waals surface area contributed by atoms with Gasteiger partial charge in [-0.15, -0.1) is 0 Å². The number of rotatable bonds is 0. The zero-order valence-corrected chi connectivity index (χ0v) is 8.96. The Bertz CT molecular complexity index is 458. The lowest BCUT2D eigenvalue weighted by molar-refractivity contribution is -0.128. The number of hydrogen-bond donors (Lipinski definition) is 0. The number of carbonyl (C=O) groups is 2. The molecule has 0 atom stereocenters. The first-order valence-corrected chi connectivity index (χ1v) is 4.80. The molecule has 1 heterocycles. The molecule has 78 valence electrons. The molecule has 2 rings (SSSR count). The van der Waals surface area contributed by atoms with Gasteiger partial charge in [0, 0.05) is 0 Å². The van der Waals surface area contributed by atoms with Crippen molar-refractivity contribution in [2.24, 2.45) is 0 Å². The Balaban J connectivity index is 2.60. The van der Waals surface area contributed by atoms with Crippen molar-refractivity contribution >= 4 is 11.6 Å². The highest BCUT2D eigenvalue weighted by molar-refractivity contribution is 6.47. The minimum Gasteiger partial charge on any atom is -0.479 e. The fourth-order valence-electron chi connectivity index (χ4n) is 1.63. The molecule has 0 spiro atoms. The Morgan fingerprint density at radius 1 is 1.20 bits per heavy atom. The molecule has 0 aliphatic carbocycles. The summed E-state index contributed by atoms with van der Waals surface area (Å²) < 4.78 is 5.49. The van der Waals surface area contributed by atoms with Crippen LogP contribution >= 0.6 is 0 Å². The maximum absolute atomic E-state index is 11.8. The van der Waals surface area contributed by atoms with Crippen molar-refractivity contribution in [1.29, 1.82) is 0 Å². The van der Waals surface area contributed by atoms with Gasteiger partial charge in [0.25, 0.3) is 0 Å². The minimum absolute atomic E-state index is 0.374. The third-order valence-electron chi connectivity index (χ3n) is 2.50. The summed E-state index contributed by atoms with van der Waals surface area (Å²) in [5.41, 5.74) is 0.275. The average Bonchev–Trinajstić information content (AvgIpc) is 2.16. The second-order valence-corrected chi connectivity index (χ2v) is 4.27. The van der Waals surface area contributed by atoms with Crippen molar-refractivity contribution in [3.63, 3.8) is 0 Å². The lowest BCUT2D eigenvalue weighted by Crippen LogP contribution is -2.46.